The molecular weight excluding hydrogens is 308 g/mol. The summed E-state index contributed by atoms with van der Waals surface area (Å²) in [5.41, 5.74) is 0.887. The van der Waals surface area contributed by atoms with Crippen molar-refractivity contribution < 1.29 is 5.11 Å². The molecule has 0 radical (unpaired) electrons. The molecule has 6 heteroatoms. The minimum Gasteiger partial charge on any atom is -0.392 e. The second-order valence-electron chi connectivity index (χ2n) is 3.10. The van der Waals surface area contributed by atoms with E-state index in [1.54, 1.807) is 23.1 Å². The van der Waals surface area contributed by atoms with E-state index in [4.69, 9.17) is 5.11 Å². The van der Waals surface area contributed by atoms with Crippen LogP contribution in [0.2, 0.25) is 0 Å². The van der Waals surface area contributed by atoms with Crippen molar-refractivity contribution in [2.24, 2.45) is 0 Å². The highest BCUT2D eigenvalue weighted by Gasteiger charge is 2.05. The molecule has 0 atom stereocenters. The summed E-state index contributed by atoms with van der Waals surface area (Å²) in [5.74, 6) is 0. The average Bonchev–Trinajstić information content (AvgIpc) is 2.64. The number of hydrogen-bond donors (Lipinski definition) is 1. The Hall–Kier alpha value is -0.430. The van der Waals surface area contributed by atoms with Gasteiger partial charge < -0.3 is 5.11 Å². The molecule has 1 aromatic heterocycles. The Morgan fingerprint density at radius 1 is 1.44 bits per heavy atom. The van der Waals surface area contributed by atoms with Crippen LogP contribution in [0.4, 0.5) is 0 Å². The first-order chi connectivity index (χ1) is 7.69. The zero-order valence-electron chi connectivity index (χ0n) is 8.48. The Balaban J connectivity index is 2.19. The summed E-state index contributed by atoms with van der Waals surface area (Å²) < 4.78 is 1.85. The van der Waals surface area contributed by atoms with E-state index >= 15 is 0 Å². The van der Waals surface area contributed by atoms with Gasteiger partial charge >= 0.3 is 0 Å². The van der Waals surface area contributed by atoms with Gasteiger partial charge in [0.25, 0.3) is 0 Å². The third-order valence-electron chi connectivity index (χ3n) is 1.91. The first-order valence-corrected chi connectivity index (χ1v) is 6.99. The Kier molecular flexibility index (Phi) is 3.96. The van der Waals surface area contributed by atoms with Gasteiger partial charge in [-0.15, -0.1) is 10.2 Å². The van der Waals surface area contributed by atoms with Crippen molar-refractivity contribution in [1.82, 2.24) is 10.2 Å². The lowest BCUT2D eigenvalue weighted by atomic mass is 10.2. The molecule has 0 aliphatic rings. The summed E-state index contributed by atoms with van der Waals surface area (Å²) in [6, 6.07) is 5.85. The fraction of sp³-hybridized carbons (Fsp3) is 0.200. The van der Waals surface area contributed by atoms with E-state index in [2.05, 4.69) is 26.1 Å². The summed E-state index contributed by atoms with van der Waals surface area (Å²) in [4.78, 5) is 1.08. The van der Waals surface area contributed by atoms with Crippen LogP contribution >= 0.6 is 39.0 Å². The number of aliphatic hydroxyl groups is 1. The van der Waals surface area contributed by atoms with Gasteiger partial charge in [0.2, 0.25) is 0 Å². The molecule has 1 N–H and O–H groups in total. The fourth-order valence-electron chi connectivity index (χ4n) is 1.14. The molecule has 0 bridgehead atoms. The molecule has 0 aliphatic carbocycles. The molecule has 2 aromatic rings. The molecule has 3 nitrogen and oxygen atoms in total. The standard InChI is InChI=1S/C10H9BrN2OS2/c1-6-12-13-10(15-6)16-8-3-2-7(5-14)9(11)4-8/h2-4,14H,5H2,1H3. The second kappa shape index (κ2) is 5.27. The molecule has 0 aliphatic heterocycles. The fourth-order valence-corrected chi connectivity index (χ4v) is 3.63. The van der Waals surface area contributed by atoms with E-state index < -0.39 is 0 Å². The van der Waals surface area contributed by atoms with Crippen molar-refractivity contribution in [3.8, 4) is 0 Å². The molecule has 0 saturated heterocycles. The van der Waals surface area contributed by atoms with Crippen molar-refractivity contribution >= 4 is 39.0 Å². The van der Waals surface area contributed by atoms with E-state index in [0.717, 1.165) is 24.3 Å². The van der Waals surface area contributed by atoms with Crippen LogP contribution in [0.5, 0.6) is 0 Å². The summed E-state index contributed by atoms with van der Waals surface area (Å²) >= 11 is 6.57. The molecule has 0 saturated carbocycles. The van der Waals surface area contributed by atoms with E-state index in [1.807, 2.05) is 25.1 Å². The topological polar surface area (TPSA) is 46.0 Å². The van der Waals surface area contributed by atoms with Crippen LogP contribution in [0, 0.1) is 6.92 Å². The zero-order chi connectivity index (χ0) is 11.5. The maximum absolute atomic E-state index is 9.05. The molecule has 0 spiro atoms. The smallest absolute Gasteiger partial charge is 0.179 e. The summed E-state index contributed by atoms with van der Waals surface area (Å²) in [7, 11) is 0. The van der Waals surface area contributed by atoms with Gasteiger partial charge in [-0.25, -0.2) is 0 Å². The highest BCUT2D eigenvalue weighted by molar-refractivity contribution is 9.10. The number of hydrogen-bond acceptors (Lipinski definition) is 5. The number of aromatic nitrogens is 2. The van der Waals surface area contributed by atoms with Gasteiger partial charge in [-0.05, 0) is 24.6 Å². The molecule has 1 aromatic carbocycles. The van der Waals surface area contributed by atoms with Crippen LogP contribution in [0.15, 0.2) is 31.9 Å². The van der Waals surface area contributed by atoms with Crippen LogP contribution in [0.3, 0.4) is 0 Å². The van der Waals surface area contributed by atoms with Gasteiger partial charge in [0.15, 0.2) is 4.34 Å². The SMILES string of the molecule is Cc1nnc(Sc2ccc(CO)c(Br)c2)s1. The number of rotatable bonds is 3. The number of aliphatic hydroxyl groups excluding tert-OH is 1. The largest absolute Gasteiger partial charge is 0.392 e. The predicted octanol–water partition coefficient (Wildman–Crippen LogP) is 3.25. The summed E-state index contributed by atoms with van der Waals surface area (Å²) in [6.45, 7) is 1.98. The maximum atomic E-state index is 9.05. The van der Waals surface area contributed by atoms with Gasteiger partial charge in [-0.1, -0.05) is 45.1 Å². The van der Waals surface area contributed by atoms with E-state index in [9.17, 15) is 0 Å². The number of halogens is 1. The number of aryl methyl sites for hydroxylation is 1. The Labute approximate surface area is 110 Å². The molecular formula is C10H9BrN2OS2. The van der Waals surface area contributed by atoms with Crippen LogP contribution in [0.1, 0.15) is 10.6 Å². The Morgan fingerprint density at radius 2 is 2.25 bits per heavy atom. The lowest BCUT2D eigenvalue weighted by Gasteiger charge is -2.02. The van der Waals surface area contributed by atoms with Gasteiger partial charge in [0, 0.05) is 9.37 Å². The molecule has 0 fully saturated rings. The molecule has 84 valence electrons. The minimum absolute atomic E-state index is 0.0451. The van der Waals surface area contributed by atoms with Crippen molar-refractivity contribution in [1.29, 1.82) is 0 Å². The number of benzene rings is 1. The van der Waals surface area contributed by atoms with Crippen molar-refractivity contribution in [2.75, 3.05) is 0 Å². The van der Waals surface area contributed by atoms with Crippen LogP contribution in [-0.2, 0) is 6.61 Å². The van der Waals surface area contributed by atoms with Crippen LogP contribution < -0.4 is 0 Å². The quantitative estimate of drug-likeness (QED) is 0.944. The average molecular weight is 317 g/mol. The van der Waals surface area contributed by atoms with Crippen molar-refractivity contribution in [2.45, 2.75) is 22.8 Å². The normalized spacial score (nSPS) is 10.7. The van der Waals surface area contributed by atoms with Crippen molar-refractivity contribution in [3.63, 3.8) is 0 Å². The lowest BCUT2D eigenvalue weighted by molar-refractivity contribution is 0.281. The maximum Gasteiger partial charge on any atom is 0.179 e. The summed E-state index contributed by atoms with van der Waals surface area (Å²) in [6.07, 6.45) is 0. The van der Waals surface area contributed by atoms with E-state index in [1.165, 1.54) is 0 Å². The van der Waals surface area contributed by atoms with Crippen LogP contribution in [-0.4, -0.2) is 15.3 Å². The zero-order valence-corrected chi connectivity index (χ0v) is 11.7. The molecule has 1 heterocycles. The minimum atomic E-state index is 0.0451. The van der Waals surface area contributed by atoms with E-state index in [-0.39, 0.29) is 6.61 Å². The highest BCUT2D eigenvalue weighted by atomic mass is 79.9. The molecule has 0 amide bonds. The third-order valence-corrected chi connectivity index (χ3v) is 4.52. The first-order valence-electron chi connectivity index (χ1n) is 4.56. The van der Waals surface area contributed by atoms with Crippen molar-refractivity contribution in [3.05, 3.63) is 33.2 Å². The molecule has 16 heavy (non-hydrogen) atoms. The number of nitrogens with zero attached hydrogens (tertiary/aromatic N) is 2. The second-order valence-corrected chi connectivity index (χ2v) is 6.46. The lowest BCUT2D eigenvalue weighted by Crippen LogP contribution is -1.85. The van der Waals surface area contributed by atoms with E-state index in [0.29, 0.717) is 0 Å². The molecule has 0 unspecified atom stereocenters. The highest BCUT2D eigenvalue weighted by Crippen LogP contribution is 2.32. The first kappa shape index (κ1) is 12.0. The monoisotopic (exact) mass is 316 g/mol. The Bertz CT molecular complexity index is 501. The van der Waals surface area contributed by atoms with Gasteiger partial charge in [-0.3, -0.25) is 0 Å². The Morgan fingerprint density at radius 3 is 2.81 bits per heavy atom. The van der Waals surface area contributed by atoms with Crippen LogP contribution in [0.25, 0.3) is 0 Å². The molecule has 2 rings (SSSR count). The van der Waals surface area contributed by atoms with Gasteiger partial charge in [0.05, 0.1) is 6.61 Å². The predicted molar refractivity (Wildman–Crippen MR) is 68.8 cm³/mol. The van der Waals surface area contributed by atoms with Gasteiger partial charge in [-0.2, -0.15) is 0 Å². The third kappa shape index (κ3) is 2.82. The summed E-state index contributed by atoms with van der Waals surface area (Å²) in [5, 5.41) is 18.0. The van der Waals surface area contributed by atoms with Gasteiger partial charge in [0.1, 0.15) is 5.01 Å².